The van der Waals surface area contributed by atoms with Crippen LogP contribution in [0.15, 0.2) is 30.5 Å². The Bertz CT molecular complexity index is 571. The van der Waals surface area contributed by atoms with E-state index in [1.54, 1.807) is 18.2 Å². The number of nitrogens with one attached hydrogen (secondary N) is 1. The van der Waals surface area contributed by atoms with E-state index in [0.717, 1.165) is 0 Å². The monoisotopic (exact) mass is 247 g/mol. The zero-order valence-electron chi connectivity index (χ0n) is 9.92. The molecule has 1 aromatic heterocycles. The van der Waals surface area contributed by atoms with Crippen molar-refractivity contribution in [2.75, 3.05) is 20.2 Å². The van der Waals surface area contributed by atoms with Crippen LogP contribution in [-0.4, -0.2) is 30.1 Å². The van der Waals surface area contributed by atoms with E-state index in [1.807, 2.05) is 7.05 Å². The number of rotatable bonds is 5. The fourth-order valence-electron chi connectivity index (χ4n) is 1.67. The number of likely N-dealkylation sites (N-methyl/N-ethyl adjacent to an activating group) is 1. The molecule has 1 N–H and O–H groups in total. The van der Waals surface area contributed by atoms with Gasteiger partial charge >= 0.3 is 0 Å². The van der Waals surface area contributed by atoms with Crippen molar-refractivity contribution in [1.82, 2.24) is 10.3 Å². The van der Waals surface area contributed by atoms with Crippen LogP contribution in [0.2, 0.25) is 0 Å². The molecule has 0 unspecified atom stereocenters. The number of nitro groups is 1. The van der Waals surface area contributed by atoms with Gasteiger partial charge in [0.25, 0.3) is 5.69 Å². The molecule has 18 heavy (non-hydrogen) atoms. The largest absolute Gasteiger partial charge is 0.491 e. The second-order valence-corrected chi connectivity index (χ2v) is 3.69. The number of pyridine rings is 1. The topological polar surface area (TPSA) is 77.3 Å². The first kappa shape index (κ1) is 12.3. The molecule has 2 aromatic rings. The van der Waals surface area contributed by atoms with Crippen molar-refractivity contribution in [3.8, 4) is 5.75 Å². The van der Waals surface area contributed by atoms with Crippen molar-refractivity contribution in [1.29, 1.82) is 0 Å². The van der Waals surface area contributed by atoms with Crippen LogP contribution < -0.4 is 10.1 Å². The summed E-state index contributed by atoms with van der Waals surface area (Å²) in [4.78, 5) is 14.5. The minimum atomic E-state index is -0.438. The van der Waals surface area contributed by atoms with Crippen molar-refractivity contribution in [3.63, 3.8) is 0 Å². The highest BCUT2D eigenvalue weighted by atomic mass is 16.6. The third-order valence-corrected chi connectivity index (χ3v) is 2.52. The van der Waals surface area contributed by atoms with Crippen LogP contribution in [0.1, 0.15) is 0 Å². The Kier molecular flexibility index (Phi) is 3.69. The number of benzene rings is 1. The lowest BCUT2D eigenvalue weighted by atomic mass is 10.2. The number of non-ortho nitro benzene ring substituents is 1. The van der Waals surface area contributed by atoms with Crippen LogP contribution in [0.4, 0.5) is 5.69 Å². The predicted octanol–water partition coefficient (Wildman–Crippen LogP) is 1.74. The predicted molar refractivity (Wildman–Crippen MR) is 67.8 cm³/mol. The van der Waals surface area contributed by atoms with Crippen LogP contribution in [0.3, 0.4) is 0 Å². The van der Waals surface area contributed by atoms with Gasteiger partial charge < -0.3 is 10.1 Å². The molecule has 0 bridgehead atoms. The molecule has 6 nitrogen and oxygen atoms in total. The van der Waals surface area contributed by atoms with E-state index in [2.05, 4.69) is 10.3 Å². The molecule has 0 radical (unpaired) electrons. The van der Waals surface area contributed by atoms with Gasteiger partial charge in [-0.2, -0.15) is 0 Å². The standard InChI is InChI=1S/C12H13N3O3/c1-13-7-8-18-11-5-6-14-12-9(11)3-2-4-10(12)15(16)17/h2-6,13H,7-8H2,1H3. The van der Waals surface area contributed by atoms with Crippen molar-refractivity contribution in [3.05, 3.63) is 40.6 Å². The average molecular weight is 247 g/mol. The van der Waals surface area contributed by atoms with E-state index < -0.39 is 4.92 Å². The number of nitro benzene ring substituents is 1. The first-order valence-electron chi connectivity index (χ1n) is 5.53. The molecule has 0 amide bonds. The molecular formula is C12H13N3O3. The third-order valence-electron chi connectivity index (χ3n) is 2.52. The summed E-state index contributed by atoms with van der Waals surface area (Å²) in [5.41, 5.74) is 0.344. The van der Waals surface area contributed by atoms with Crippen molar-refractivity contribution < 1.29 is 9.66 Å². The van der Waals surface area contributed by atoms with E-state index in [1.165, 1.54) is 12.3 Å². The van der Waals surface area contributed by atoms with Gasteiger partial charge in [0.1, 0.15) is 12.4 Å². The Labute approximate surface area is 104 Å². The van der Waals surface area contributed by atoms with Gasteiger partial charge in [-0.15, -0.1) is 0 Å². The van der Waals surface area contributed by atoms with E-state index in [9.17, 15) is 10.1 Å². The number of para-hydroxylation sites is 1. The molecule has 0 aliphatic rings. The number of aromatic nitrogens is 1. The highest BCUT2D eigenvalue weighted by molar-refractivity contribution is 5.91. The van der Waals surface area contributed by atoms with E-state index in [-0.39, 0.29) is 5.69 Å². The van der Waals surface area contributed by atoms with Crippen molar-refractivity contribution in [2.24, 2.45) is 0 Å². The Balaban J connectivity index is 2.43. The number of ether oxygens (including phenoxy) is 1. The van der Waals surface area contributed by atoms with Gasteiger partial charge in [-0.1, -0.05) is 6.07 Å². The molecule has 2 rings (SSSR count). The Hall–Kier alpha value is -2.21. The fourth-order valence-corrected chi connectivity index (χ4v) is 1.67. The maximum absolute atomic E-state index is 10.9. The van der Waals surface area contributed by atoms with Gasteiger partial charge in [0.2, 0.25) is 0 Å². The molecule has 1 heterocycles. The van der Waals surface area contributed by atoms with E-state index in [0.29, 0.717) is 29.8 Å². The first-order chi connectivity index (χ1) is 8.74. The minimum Gasteiger partial charge on any atom is -0.491 e. The average Bonchev–Trinajstić information content (AvgIpc) is 2.38. The zero-order valence-corrected chi connectivity index (χ0v) is 9.92. The quantitative estimate of drug-likeness (QED) is 0.494. The molecule has 0 saturated carbocycles. The van der Waals surface area contributed by atoms with Crippen LogP contribution in [0.25, 0.3) is 10.9 Å². The summed E-state index contributed by atoms with van der Waals surface area (Å²) in [6.45, 7) is 1.21. The maximum atomic E-state index is 10.9. The molecule has 0 saturated heterocycles. The van der Waals surface area contributed by atoms with Crippen molar-refractivity contribution >= 4 is 16.6 Å². The Morgan fingerprint density at radius 2 is 2.28 bits per heavy atom. The van der Waals surface area contributed by atoms with Crippen LogP contribution in [-0.2, 0) is 0 Å². The van der Waals surface area contributed by atoms with Crippen LogP contribution >= 0.6 is 0 Å². The summed E-state index contributed by atoms with van der Waals surface area (Å²) >= 11 is 0. The molecule has 0 atom stereocenters. The molecule has 0 aliphatic carbocycles. The molecule has 0 fully saturated rings. The minimum absolute atomic E-state index is 0.00781. The van der Waals surface area contributed by atoms with E-state index in [4.69, 9.17) is 4.74 Å². The second kappa shape index (κ2) is 5.42. The maximum Gasteiger partial charge on any atom is 0.295 e. The number of hydrogen-bond donors (Lipinski definition) is 1. The summed E-state index contributed by atoms with van der Waals surface area (Å²) < 4.78 is 5.57. The smallest absolute Gasteiger partial charge is 0.295 e. The summed E-state index contributed by atoms with van der Waals surface area (Å²) in [5.74, 6) is 0.610. The molecule has 94 valence electrons. The van der Waals surface area contributed by atoms with Crippen LogP contribution in [0.5, 0.6) is 5.75 Å². The zero-order chi connectivity index (χ0) is 13.0. The normalized spacial score (nSPS) is 10.5. The van der Waals surface area contributed by atoms with Crippen LogP contribution in [0, 0.1) is 10.1 Å². The fraction of sp³-hybridized carbons (Fsp3) is 0.250. The highest BCUT2D eigenvalue weighted by Gasteiger charge is 2.14. The molecule has 1 aromatic carbocycles. The van der Waals surface area contributed by atoms with E-state index >= 15 is 0 Å². The summed E-state index contributed by atoms with van der Waals surface area (Å²) in [6.07, 6.45) is 1.52. The van der Waals surface area contributed by atoms with Crippen molar-refractivity contribution in [2.45, 2.75) is 0 Å². The molecule has 0 spiro atoms. The molecule has 0 aliphatic heterocycles. The lowest BCUT2D eigenvalue weighted by molar-refractivity contribution is -0.383. The first-order valence-corrected chi connectivity index (χ1v) is 5.53. The highest BCUT2D eigenvalue weighted by Crippen LogP contribution is 2.29. The lowest BCUT2D eigenvalue weighted by Gasteiger charge is -2.08. The number of fused-ring (bicyclic) bond motifs is 1. The van der Waals surface area contributed by atoms with Gasteiger partial charge in [0, 0.05) is 24.2 Å². The number of nitrogens with zero attached hydrogens (tertiary/aromatic N) is 2. The van der Waals surface area contributed by atoms with Gasteiger partial charge in [-0.05, 0) is 19.2 Å². The second-order valence-electron chi connectivity index (χ2n) is 3.69. The summed E-state index contributed by atoms with van der Waals surface area (Å²) in [6, 6.07) is 6.55. The Morgan fingerprint density at radius 3 is 3.00 bits per heavy atom. The SMILES string of the molecule is CNCCOc1ccnc2c([N+](=O)[O-])cccc12. The molecule has 6 heteroatoms. The van der Waals surface area contributed by atoms with Gasteiger partial charge in [-0.25, -0.2) is 4.98 Å². The van der Waals surface area contributed by atoms with Gasteiger partial charge in [0.15, 0.2) is 5.52 Å². The number of hydrogen-bond acceptors (Lipinski definition) is 5. The lowest BCUT2D eigenvalue weighted by Crippen LogP contribution is -2.16. The summed E-state index contributed by atoms with van der Waals surface area (Å²) in [5, 5.41) is 14.5. The molecular weight excluding hydrogens is 234 g/mol. The van der Waals surface area contributed by atoms with Gasteiger partial charge in [-0.3, -0.25) is 10.1 Å². The Morgan fingerprint density at radius 1 is 1.44 bits per heavy atom. The van der Waals surface area contributed by atoms with Gasteiger partial charge in [0.05, 0.1) is 4.92 Å². The summed E-state index contributed by atoms with van der Waals surface area (Å²) in [7, 11) is 1.83. The third kappa shape index (κ3) is 2.38.